The third-order valence-electron chi connectivity index (χ3n) is 4.14. The predicted octanol–water partition coefficient (Wildman–Crippen LogP) is 3.15. The summed E-state index contributed by atoms with van der Waals surface area (Å²) in [5.41, 5.74) is 0.755. The molecule has 10 heteroatoms. The fourth-order valence-electron chi connectivity index (χ4n) is 2.74. The molecule has 0 atom stereocenters. The molecule has 0 fully saturated rings. The molecular formula is C21H24O8S2. The van der Waals surface area contributed by atoms with Crippen LogP contribution in [-0.4, -0.2) is 50.4 Å². The average Bonchev–Trinajstić information content (AvgIpc) is 2.74. The summed E-state index contributed by atoms with van der Waals surface area (Å²) >= 11 is 0. The van der Waals surface area contributed by atoms with Crippen molar-refractivity contribution in [2.75, 3.05) is 33.5 Å². The van der Waals surface area contributed by atoms with E-state index in [-0.39, 0.29) is 0 Å². The summed E-state index contributed by atoms with van der Waals surface area (Å²) in [6.07, 6.45) is 2.49. The Bertz CT molecular complexity index is 1040. The van der Waals surface area contributed by atoms with Gasteiger partial charge in [0.25, 0.3) is 0 Å². The summed E-state index contributed by atoms with van der Waals surface area (Å²) in [5.74, 6) is 1.54. The molecule has 8 nitrogen and oxygen atoms in total. The van der Waals surface area contributed by atoms with Crippen LogP contribution in [0.25, 0.3) is 12.2 Å². The van der Waals surface area contributed by atoms with Crippen molar-refractivity contribution in [3.8, 4) is 23.0 Å². The zero-order valence-electron chi connectivity index (χ0n) is 17.6. The molecule has 0 unspecified atom stereocenters. The fourth-order valence-corrected chi connectivity index (χ4v) is 5.89. The van der Waals surface area contributed by atoms with Crippen LogP contribution in [0.5, 0.6) is 23.0 Å². The van der Waals surface area contributed by atoms with Crippen LogP contribution in [0.2, 0.25) is 0 Å². The zero-order valence-corrected chi connectivity index (χ0v) is 19.2. The Hall–Kier alpha value is -2.98. The second-order valence-corrected chi connectivity index (χ2v) is 10.3. The maximum absolute atomic E-state index is 12.4. The number of sulfone groups is 2. The Morgan fingerprint density at radius 1 is 0.613 bits per heavy atom. The molecule has 168 valence electrons. The number of benzene rings is 2. The Kier molecular flexibility index (Phi) is 8.12. The summed E-state index contributed by atoms with van der Waals surface area (Å²) in [6, 6.07) is 9.91. The lowest BCUT2D eigenvalue weighted by Gasteiger charge is -2.10. The van der Waals surface area contributed by atoms with Crippen molar-refractivity contribution >= 4 is 31.8 Å². The van der Waals surface area contributed by atoms with Gasteiger partial charge in [0.05, 0.1) is 39.6 Å². The molecular weight excluding hydrogens is 444 g/mol. The Balaban J connectivity index is 2.30. The highest BCUT2D eigenvalue weighted by Crippen LogP contribution is 2.31. The predicted molar refractivity (Wildman–Crippen MR) is 120 cm³/mol. The standard InChI is InChI=1S/C21H24O8S2/c1-26-18-7-5-8-19(27-2)16(18)11-13-30(22,23)15-31(24,25)14-12-17-20(28-3)9-6-10-21(17)29-4/h5-14H,15H2,1-4H3/b13-11+,14-12?. The number of rotatable bonds is 10. The second-order valence-electron chi connectivity index (χ2n) is 6.20. The van der Waals surface area contributed by atoms with Crippen molar-refractivity contribution in [3.63, 3.8) is 0 Å². The molecule has 0 radical (unpaired) electrons. The minimum absolute atomic E-state index is 0.378. The van der Waals surface area contributed by atoms with E-state index in [1.165, 1.54) is 40.6 Å². The minimum Gasteiger partial charge on any atom is -0.496 e. The van der Waals surface area contributed by atoms with Gasteiger partial charge >= 0.3 is 0 Å². The summed E-state index contributed by atoms with van der Waals surface area (Å²) in [5, 5.41) is 0.535. The first-order chi connectivity index (χ1) is 14.7. The van der Waals surface area contributed by atoms with E-state index in [1.807, 2.05) is 0 Å². The SMILES string of the molecule is COc1cccc(OC)c1C=CS(=O)(=O)CS(=O)(=O)/C=C/c1c(OC)cccc1OC. The fraction of sp³-hybridized carbons (Fsp3) is 0.238. The highest BCUT2D eigenvalue weighted by atomic mass is 32.3. The van der Waals surface area contributed by atoms with E-state index < -0.39 is 24.8 Å². The van der Waals surface area contributed by atoms with E-state index in [9.17, 15) is 16.8 Å². The smallest absolute Gasteiger partial charge is 0.186 e. The molecule has 2 rings (SSSR count). The zero-order chi connectivity index (χ0) is 23.1. The first-order valence-corrected chi connectivity index (χ1v) is 12.3. The number of hydrogen-bond donors (Lipinski definition) is 0. The first-order valence-electron chi connectivity index (χ1n) is 8.90. The van der Waals surface area contributed by atoms with Crippen molar-refractivity contribution in [1.29, 1.82) is 0 Å². The van der Waals surface area contributed by atoms with E-state index in [1.54, 1.807) is 36.4 Å². The van der Waals surface area contributed by atoms with Gasteiger partial charge < -0.3 is 18.9 Å². The summed E-state index contributed by atoms with van der Waals surface area (Å²) in [7, 11) is -2.50. The maximum atomic E-state index is 12.4. The molecule has 31 heavy (non-hydrogen) atoms. The van der Waals surface area contributed by atoms with Gasteiger partial charge in [0.15, 0.2) is 24.8 Å². The molecule has 0 aliphatic heterocycles. The van der Waals surface area contributed by atoms with Crippen LogP contribution in [0, 0.1) is 0 Å². The monoisotopic (exact) mass is 468 g/mol. The largest absolute Gasteiger partial charge is 0.496 e. The Morgan fingerprint density at radius 2 is 0.903 bits per heavy atom. The molecule has 2 aromatic rings. The number of methoxy groups -OCH3 is 4. The molecule has 0 bridgehead atoms. The van der Waals surface area contributed by atoms with Crippen LogP contribution < -0.4 is 18.9 Å². The number of ether oxygens (including phenoxy) is 4. The van der Waals surface area contributed by atoms with Gasteiger partial charge in [0, 0.05) is 10.8 Å². The molecule has 0 saturated carbocycles. The van der Waals surface area contributed by atoms with Gasteiger partial charge in [-0.05, 0) is 36.4 Å². The van der Waals surface area contributed by atoms with Gasteiger partial charge in [-0.3, -0.25) is 0 Å². The van der Waals surface area contributed by atoms with Crippen LogP contribution in [0.4, 0.5) is 0 Å². The summed E-state index contributed by atoms with van der Waals surface area (Å²) in [6.45, 7) is 0. The van der Waals surface area contributed by atoms with Gasteiger partial charge in [-0.2, -0.15) is 0 Å². The molecule has 0 saturated heterocycles. The lowest BCUT2D eigenvalue weighted by atomic mass is 10.2. The molecule has 0 N–H and O–H groups in total. The summed E-state index contributed by atoms with van der Waals surface area (Å²) in [4.78, 5) is 0. The van der Waals surface area contributed by atoms with Gasteiger partial charge in [0.2, 0.25) is 0 Å². The van der Waals surface area contributed by atoms with Crippen LogP contribution in [0.15, 0.2) is 47.2 Å². The van der Waals surface area contributed by atoms with E-state index >= 15 is 0 Å². The Morgan fingerprint density at radius 3 is 1.16 bits per heavy atom. The van der Waals surface area contributed by atoms with Crippen molar-refractivity contribution in [3.05, 3.63) is 58.3 Å². The van der Waals surface area contributed by atoms with Crippen LogP contribution in [0.3, 0.4) is 0 Å². The highest BCUT2D eigenvalue weighted by molar-refractivity contribution is 8.10. The molecule has 2 aromatic carbocycles. The molecule has 0 aromatic heterocycles. The second kappa shape index (κ2) is 10.4. The third kappa shape index (κ3) is 6.50. The molecule has 0 amide bonds. The van der Waals surface area contributed by atoms with E-state index in [2.05, 4.69) is 0 Å². The van der Waals surface area contributed by atoms with Crippen molar-refractivity contribution < 1.29 is 35.8 Å². The van der Waals surface area contributed by atoms with Crippen LogP contribution in [-0.2, 0) is 19.7 Å². The normalized spacial score (nSPS) is 12.3. The average molecular weight is 469 g/mol. The number of hydrogen-bond acceptors (Lipinski definition) is 8. The van der Waals surface area contributed by atoms with Crippen molar-refractivity contribution in [2.24, 2.45) is 0 Å². The third-order valence-corrected chi connectivity index (χ3v) is 7.87. The Labute approximate surface area is 182 Å². The maximum Gasteiger partial charge on any atom is 0.186 e. The lowest BCUT2D eigenvalue weighted by Crippen LogP contribution is -2.12. The van der Waals surface area contributed by atoms with E-state index in [0.29, 0.717) is 34.1 Å². The van der Waals surface area contributed by atoms with Crippen LogP contribution in [0.1, 0.15) is 11.1 Å². The van der Waals surface area contributed by atoms with Gasteiger partial charge in [0.1, 0.15) is 23.0 Å². The molecule has 0 aliphatic carbocycles. The van der Waals surface area contributed by atoms with Gasteiger partial charge in [-0.15, -0.1) is 0 Å². The van der Waals surface area contributed by atoms with Crippen molar-refractivity contribution in [2.45, 2.75) is 0 Å². The highest BCUT2D eigenvalue weighted by Gasteiger charge is 2.19. The minimum atomic E-state index is -4.12. The molecule has 0 spiro atoms. The quantitative estimate of drug-likeness (QED) is 0.524. The van der Waals surface area contributed by atoms with E-state index in [0.717, 1.165) is 10.8 Å². The first kappa shape index (κ1) is 24.3. The molecule has 0 heterocycles. The summed E-state index contributed by atoms with van der Waals surface area (Å²) < 4.78 is 70.6. The lowest BCUT2D eigenvalue weighted by molar-refractivity contribution is 0.392. The van der Waals surface area contributed by atoms with E-state index in [4.69, 9.17) is 18.9 Å². The molecule has 0 aliphatic rings. The topological polar surface area (TPSA) is 105 Å². The van der Waals surface area contributed by atoms with Gasteiger partial charge in [-0.25, -0.2) is 16.8 Å². The van der Waals surface area contributed by atoms with Gasteiger partial charge in [-0.1, -0.05) is 12.1 Å². The van der Waals surface area contributed by atoms with Crippen molar-refractivity contribution in [1.82, 2.24) is 0 Å². The van der Waals surface area contributed by atoms with Crippen LogP contribution >= 0.6 is 0 Å².